The van der Waals surface area contributed by atoms with E-state index in [1.54, 1.807) is 30.7 Å². The number of rotatable bonds is 4. The van der Waals surface area contributed by atoms with Crippen molar-refractivity contribution < 1.29 is 17.9 Å². The lowest BCUT2D eigenvalue weighted by atomic mass is 10.1. The largest absolute Gasteiger partial charge is 0.573 e. The fraction of sp³-hybridized carbons (Fsp3) is 0.238. The monoisotopic (exact) mass is 400 g/mol. The zero-order chi connectivity index (χ0) is 20.3. The van der Waals surface area contributed by atoms with Gasteiger partial charge in [0.1, 0.15) is 5.75 Å². The average molecular weight is 400 g/mol. The van der Waals surface area contributed by atoms with Crippen LogP contribution in [0.4, 0.5) is 24.5 Å². The number of ether oxygens (including phenoxy) is 1. The molecule has 4 rings (SSSR count). The van der Waals surface area contributed by atoms with Gasteiger partial charge in [-0.3, -0.25) is 9.97 Å². The van der Waals surface area contributed by atoms with E-state index in [1.165, 1.54) is 12.1 Å². The summed E-state index contributed by atoms with van der Waals surface area (Å²) in [7, 11) is 0. The zero-order valence-electron chi connectivity index (χ0n) is 15.5. The van der Waals surface area contributed by atoms with E-state index < -0.39 is 6.36 Å². The molecule has 29 heavy (non-hydrogen) atoms. The van der Waals surface area contributed by atoms with E-state index in [4.69, 9.17) is 0 Å². The number of aromatic nitrogens is 2. The van der Waals surface area contributed by atoms with Crippen molar-refractivity contribution in [2.75, 3.05) is 36.0 Å². The first-order valence-corrected chi connectivity index (χ1v) is 9.21. The second kappa shape index (κ2) is 7.98. The number of benzene rings is 1. The number of anilines is 2. The van der Waals surface area contributed by atoms with Crippen molar-refractivity contribution in [3.63, 3.8) is 0 Å². The Hall–Kier alpha value is -3.29. The lowest BCUT2D eigenvalue weighted by molar-refractivity contribution is -0.274. The summed E-state index contributed by atoms with van der Waals surface area (Å²) in [5.74, 6) is -0.246. The number of pyridine rings is 2. The smallest absolute Gasteiger partial charge is 0.406 e. The van der Waals surface area contributed by atoms with Gasteiger partial charge in [-0.05, 0) is 48.5 Å². The number of halogens is 3. The van der Waals surface area contributed by atoms with Gasteiger partial charge < -0.3 is 14.5 Å². The van der Waals surface area contributed by atoms with E-state index in [-0.39, 0.29) is 5.75 Å². The summed E-state index contributed by atoms with van der Waals surface area (Å²) in [6.45, 7) is 3.35. The molecule has 0 radical (unpaired) electrons. The molecule has 3 aromatic rings. The summed E-state index contributed by atoms with van der Waals surface area (Å²) >= 11 is 0. The van der Waals surface area contributed by atoms with Crippen LogP contribution in [0.1, 0.15) is 0 Å². The number of hydrogen-bond donors (Lipinski definition) is 0. The molecule has 1 aliphatic rings. The Kier molecular flexibility index (Phi) is 5.24. The Bertz CT molecular complexity index is 940. The van der Waals surface area contributed by atoms with Gasteiger partial charge in [0.05, 0.1) is 11.4 Å². The molecule has 1 aromatic carbocycles. The van der Waals surface area contributed by atoms with E-state index >= 15 is 0 Å². The fourth-order valence-electron chi connectivity index (χ4n) is 3.45. The van der Waals surface area contributed by atoms with Crippen molar-refractivity contribution in [3.8, 4) is 17.0 Å². The van der Waals surface area contributed by atoms with Crippen molar-refractivity contribution in [3.05, 3.63) is 67.1 Å². The summed E-state index contributed by atoms with van der Waals surface area (Å²) in [6, 6.07) is 13.7. The van der Waals surface area contributed by atoms with Crippen LogP contribution < -0.4 is 14.5 Å². The van der Waals surface area contributed by atoms with Crippen LogP contribution in [0.15, 0.2) is 67.1 Å². The first-order chi connectivity index (χ1) is 14.0. The molecular weight excluding hydrogens is 381 g/mol. The number of piperazine rings is 1. The highest BCUT2D eigenvalue weighted by molar-refractivity contribution is 5.75. The Labute approximate surface area is 166 Å². The minimum absolute atomic E-state index is 0.246. The predicted octanol–water partition coefficient (Wildman–Crippen LogP) is 4.37. The lowest BCUT2D eigenvalue weighted by Crippen LogP contribution is -2.46. The first-order valence-electron chi connectivity index (χ1n) is 9.21. The maximum atomic E-state index is 12.4. The van der Waals surface area contributed by atoms with E-state index in [2.05, 4.69) is 24.5 Å². The highest BCUT2D eigenvalue weighted by atomic mass is 19.4. The summed E-state index contributed by atoms with van der Waals surface area (Å²) in [4.78, 5) is 13.1. The van der Waals surface area contributed by atoms with Gasteiger partial charge >= 0.3 is 6.36 Å². The van der Waals surface area contributed by atoms with Crippen LogP contribution in [0.3, 0.4) is 0 Å². The third-order valence-electron chi connectivity index (χ3n) is 4.80. The summed E-state index contributed by atoms with van der Waals surface area (Å²) in [5.41, 5.74) is 3.59. The first kappa shape index (κ1) is 19.0. The predicted molar refractivity (Wildman–Crippen MR) is 105 cm³/mol. The third kappa shape index (κ3) is 4.59. The Morgan fingerprint density at radius 1 is 0.793 bits per heavy atom. The summed E-state index contributed by atoms with van der Waals surface area (Å²) in [6.07, 6.45) is 0.554. The van der Waals surface area contributed by atoms with Crippen molar-refractivity contribution >= 4 is 11.4 Å². The molecule has 2 aromatic heterocycles. The Morgan fingerprint density at radius 3 is 2.10 bits per heavy atom. The summed E-state index contributed by atoms with van der Waals surface area (Å²) in [5, 5.41) is 0. The third-order valence-corrected chi connectivity index (χ3v) is 4.80. The van der Waals surface area contributed by atoms with Crippen molar-refractivity contribution in [2.24, 2.45) is 0 Å². The second-order valence-electron chi connectivity index (χ2n) is 6.62. The molecule has 150 valence electrons. The SMILES string of the molecule is FC(F)(F)Oc1ccc(-c2ncccc2N2CCN(c3ccncc3)CC2)cc1. The highest BCUT2D eigenvalue weighted by Crippen LogP contribution is 2.32. The molecule has 0 N–H and O–H groups in total. The second-order valence-corrected chi connectivity index (χ2v) is 6.62. The number of alkyl halides is 3. The van der Waals surface area contributed by atoms with Crippen LogP contribution >= 0.6 is 0 Å². The highest BCUT2D eigenvalue weighted by Gasteiger charge is 2.31. The molecule has 0 unspecified atom stereocenters. The molecule has 0 aliphatic carbocycles. The molecule has 0 saturated carbocycles. The van der Waals surface area contributed by atoms with Gasteiger partial charge in [0, 0.05) is 56.0 Å². The maximum absolute atomic E-state index is 12.4. The molecule has 1 saturated heterocycles. The minimum Gasteiger partial charge on any atom is -0.406 e. The molecule has 0 spiro atoms. The van der Waals surface area contributed by atoms with E-state index in [0.29, 0.717) is 0 Å². The molecule has 1 fully saturated rings. The molecule has 3 heterocycles. The molecule has 0 atom stereocenters. The van der Waals surface area contributed by atoms with E-state index in [0.717, 1.165) is 48.8 Å². The molecule has 5 nitrogen and oxygen atoms in total. The van der Waals surface area contributed by atoms with Gasteiger partial charge in [0.15, 0.2) is 0 Å². The minimum atomic E-state index is -4.70. The van der Waals surface area contributed by atoms with Gasteiger partial charge in [-0.25, -0.2) is 0 Å². The normalized spacial score (nSPS) is 14.7. The van der Waals surface area contributed by atoms with Gasteiger partial charge in [-0.15, -0.1) is 13.2 Å². The van der Waals surface area contributed by atoms with E-state index in [1.807, 2.05) is 24.3 Å². The zero-order valence-corrected chi connectivity index (χ0v) is 15.5. The van der Waals surface area contributed by atoms with Crippen LogP contribution in [0.5, 0.6) is 5.75 Å². The van der Waals surface area contributed by atoms with Gasteiger partial charge in [-0.2, -0.15) is 0 Å². The number of hydrogen-bond acceptors (Lipinski definition) is 5. The van der Waals surface area contributed by atoms with Gasteiger partial charge in [0.25, 0.3) is 0 Å². The standard InChI is InChI=1S/C21H19F3N4O/c22-21(23,24)29-18-5-3-16(4-6-18)20-19(2-1-9-26-20)28-14-12-27(13-15-28)17-7-10-25-11-8-17/h1-11H,12-15H2. The molecule has 0 amide bonds. The number of nitrogens with zero attached hydrogens (tertiary/aromatic N) is 4. The van der Waals surface area contributed by atoms with Crippen LogP contribution in [0, 0.1) is 0 Å². The quantitative estimate of drug-likeness (QED) is 0.651. The van der Waals surface area contributed by atoms with Crippen molar-refractivity contribution in [1.82, 2.24) is 9.97 Å². The molecule has 8 heteroatoms. The molecule has 1 aliphatic heterocycles. The van der Waals surface area contributed by atoms with Gasteiger partial charge in [0.2, 0.25) is 0 Å². The molecule has 0 bridgehead atoms. The van der Waals surface area contributed by atoms with Gasteiger partial charge in [-0.1, -0.05) is 0 Å². The van der Waals surface area contributed by atoms with E-state index in [9.17, 15) is 13.2 Å². The maximum Gasteiger partial charge on any atom is 0.573 e. The lowest BCUT2D eigenvalue weighted by Gasteiger charge is -2.37. The average Bonchev–Trinajstić information content (AvgIpc) is 2.74. The van der Waals surface area contributed by atoms with Crippen LogP contribution in [-0.4, -0.2) is 42.5 Å². The fourth-order valence-corrected chi connectivity index (χ4v) is 3.45. The Balaban J connectivity index is 1.51. The van der Waals surface area contributed by atoms with Crippen LogP contribution in [-0.2, 0) is 0 Å². The Morgan fingerprint density at radius 2 is 1.45 bits per heavy atom. The van der Waals surface area contributed by atoms with Crippen LogP contribution in [0.2, 0.25) is 0 Å². The van der Waals surface area contributed by atoms with Crippen molar-refractivity contribution in [2.45, 2.75) is 6.36 Å². The molecular formula is C21H19F3N4O. The van der Waals surface area contributed by atoms with Crippen molar-refractivity contribution in [1.29, 1.82) is 0 Å². The topological polar surface area (TPSA) is 41.5 Å². The van der Waals surface area contributed by atoms with Crippen LogP contribution in [0.25, 0.3) is 11.3 Å². The summed E-state index contributed by atoms with van der Waals surface area (Å²) < 4.78 is 41.1.